The minimum atomic E-state index is 0.266. The molecule has 1 saturated heterocycles. The third-order valence-electron chi connectivity index (χ3n) is 3.65. The van der Waals surface area contributed by atoms with Gasteiger partial charge >= 0.3 is 0 Å². The molecule has 18 heavy (non-hydrogen) atoms. The van der Waals surface area contributed by atoms with Gasteiger partial charge in [-0.3, -0.25) is 9.69 Å². The number of ketones is 1. The normalized spacial score (nSPS) is 17.3. The van der Waals surface area contributed by atoms with Gasteiger partial charge < -0.3 is 0 Å². The van der Waals surface area contributed by atoms with Crippen molar-refractivity contribution in [3.8, 4) is 6.07 Å². The Balaban J connectivity index is 1.87. The Morgan fingerprint density at radius 1 is 1.33 bits per heavy atom. The molecule has 0 aromatic heterocycles. The molecule has 94 valence electrons. The van der Waals surface area contributed by atoms with Gasteiger partial charge in [-0.25, -0.2) is 0 Å². The maximum Gasteiger partial charge on any atom is 0.133 e. The summed E-state index contributed by atoms with van der Waals surface area (Å²) in [6, 6.07) is 9.86. The summed E-state index contributed by atoms with van der Waals surface area (Å²) in [6.07, 6.45) is 1.96. The van der Waals surface area contributed by atoms with Gasteiger partial charge in [0, 0.05) is 12.5 Å². The molecule has 3 nitrogen and oxygen atoms in total. The lowest BCUT2D eigenvalue weighted by Gasteiger charge is -2.30. The number of nitriles is 1. The molecule has 0 N–H and O–H groups in total. The van der Waals surface area contributed by atoms with Crippen LogP contribution in [0.5, 0.6) is 0 Å². The number of hydrogen-bond acceptors (Lipinski definition) is 3. The average molecular weight is 242 g/mol. The van der Waals surface area contributed by atoms with E-state index in [0.717, 1.165) is 32.5 Å². The second-order valence-corrected chi connectivity index (χ2v) is 4.97. The molecule has 3 heteroatoms. The predicted molar refractivity (Wildman–Crippen MR) is 69.8 cm³/mol. The van der Waals surface area contributed by atoms with E-state index in [1.807, 2.05) is 24.3 Å². The van der Waals surface area contributed by atoms with Crippen molar-refractivity contribution in [2.75, 3.05) is 13.1 Å². The SMILES string of the molecule is CC(=O)C1CCN(Cc2ccc(C#N)cc2)CC1. The standard InChI is InChI=1S/C15H18N2O/c1-12(18)15-6-8-17(9-7-15)11-14-4-2-13(10-16)3-5-14/h2-5,15H,6-9,11H2,1H3. The summed E-state index contributed by atoms with van der Waals surface area (Å²) in [5, 5.41) is 8.74. The second kappa shape index (κ2) is 5.79. The fourth-order valence-corrected chi connectivity index (χ4v) is 2.44. The molecule has 1 heterocycles. The van der Waals surface area contributed by atoms with E-state index in [0.29, 0.717) is 11.3 Å². The molecular formula is C15H18N2O. The quantitative estimate of drug-likeness (QED) is 0.817. The number of hydrogen-bond donors (Lipinski definition) is 0. The van der Waals surface area contributed by atoms with Crippen LogP contribution < -0.4 is 0 Å². The fourth-order valence-electron chi connectivity index (χ4n) is 2.44. The van der Waals surface area contributed by atoms with E-state index in [2.05, 4.69) is 11.0 Å². The molecule has 0 bridgehead atoms. The van der Waals surface area contributed by atoms with Gasteiger partial charge in [0.05, 0.1) is 11.6 Å². The van der Waals surface area contributed by atoms with Gasteiger partial charge in [-0.15, -0.1) is 0 Å². The topological polar surface area (TPSA) is 44.1 Å². The monoisotopic (exact) mass is 242 g/mol. The van der Waals surface area contributed by atoms with Crippen LogP contribution in [0.3, 0.4) is 0 Å². The number of carbonyl (C=O) groups is 1. The minimum absolute atomic E-state index is 0.266. The van der Waals surface area contributed by atoms with Crippen molar-refractivity contribution >= 4 is 5.78 Å². The summed E-state index contributed by atoms with van der Waals surface area (Å²) >= 11 is 0. The summed E-state index contributed by atoms with van der Waals surface area (Å²) in [7, 11) is 0. The summed E-state index contributed by atoms with van der Waals surface area (Å²) < 4.78 is 0. The lowest BCUT2D eigenvalue weighted by atomic mass is 9.93. The lowest BCUT2D eigenvalue weighted by Crippen LogP contribution is -2.35. The molecule has 1 aromatic carbocycles. The Hall–Kier alpha value is -1.66. The summed E-state index contributed by atoms with van der Waals surface area (Å²) in [4.78, 5) is 13.7. The molecule has 1 aliphatic rings. The van der Waals surface area contributed by atoms with Crippen LogP contribution in [0.4, 0.5) is 0 Å². The van der Waals surface area contributed by atoms with Gasteiger partial charge in [-0.05, 0) is 50.6 Å². The number of benzene rings is 1. The number of likely N-dealkylation sites (tertiary alicyclic amines) is 1. The Labute approximate surface area is 108 Å². The van der Waals surface area contributed by atoms with E-state index in [1.54, 1.807) is 6.92 Å². The van der Waals surface area contributed by atoms with Crippen LogP contribution in [-0.4, -0.2) is 23.8 Å². The van der Waals surface area contributed by atoms with Gasteiger partial charge in [0.2, 0.25) is 0 Å². The van der Waals surface area contributed by atoms with Gasteiger partial charge in [0.1, 0.15) is 5.78 Å². The third-order valence-corrected chi connectivity index (χ3v) is 3.65. The first-order valence-electron chi connectivity index (χ1n) is 6.41. The van der Waals surface area contributed by atoms with Crippen LogP contribution in [0.15, 0.2) is 24.3 Å². The van der Waals surface area contributed by atoms with Crippen molar-refractivity contribution in [2.45, 2.75) is 26.3 Å². The highest BCUT2D eigenvalue weighted by molar-refractivity contribution is 5.78. The molecule has 0 atom stereocenters. The number of piperidine rings is 1. The Kier molecular flexibility index (Phi) is 4.11. The van der Waals surface area contributed by atoms with Crippen molar-refractivity contribution in [1.29, 1.82) is 5.26 Å². The zero-order valence-electron chi connectivity index (χ0n) is 10.7. The van der Waals surface area contributed by atoms with Crippen LogP contribution in [0.25, 0.3) is 0 Å². The third kappa shape index (κ3) is 3.18. The number of Topliss-reactive ketones (excluding diaryl/α,β-unsaturated/α-hetero) is 1. The molecule has 1 fully saturated rings. The lowest BCUT2D eigenvalue weighted by molar-refractivity contribution is -0.122. The number of rotatable bonds is 3. The molecule has 0 radical (unpaired) electrons. The maximum atomic E-state index is 11.3. The highest BCUT2D eigenvalue weighted by Crippen LogP contribution is 2.19. The van der Waals surface area contributed by atoms with E-state index >= 15 is 0 Å². The van der Waals surface area contributed by atoms with Crippen molar-refractivity contribution < 1.29 is 4.79 Å². The first kappa shape index (κ1) is 12.8. The van der Waals surface area contributed by atoms with Crippen molar-refractivity contribution in [1.82, 2.24) is 4.90 Å². The molecule has 1 aromatic rings. The molecule has 0 amide bonds. The molecule has 0 unspecified atom stereocenters. The van der Waals surface area contributed by atoms with E-state index in [-0.39, 0.29) is 5.92 Å². The van der Waals surface area contributed by atoms with Crippen LogP contribution in [0.1, 0.15) is 30.9 Å². The van der Waals surface area contributed by atoms with Gasteiger partial charge in [0.15, 0.2) is 0 Å². The number of nitrogens with zero attached hydrogens (tertiary/aromatic N) is 2. The molecule has 0 aliphatic carbocycles. The average Bonchev–Trinajstić information content (AvgIpc) is 2.40. The van der Waals surface area contributed by atoms with Gasteiger partial charge in [-0.2, -0.15) is 5.26 Å². The molecule has 0 spiro atoms. The first-order chi connectivity index (χ1) is 8.69. The van der Waals surface area contributed by atoms with E-state index in [4.69, 9.17) is 5.26 Å². The Bertz CT molecular complexity index is 450. The van der Waals surface area contributed by atoms with Crippen LogP contribution >= 0.6 is 0 Å². The second-order valence-electron chi connectivity index (χ2n) is 4.97. The van der Waals surface area contributed by atoms with Gasteiger partial charge in [-0.1, -0.05) is 12.1 Å². The van der Waals surface area contributed by atoms with Crippen molar-refractivity contribution in [3.63, 3.8) is 0 Å². The molecule has 1 aliphatic heterocycles. The van der Waals surface area contributed by atoms with Crippen molar-refractivity contribution in [3.05, 3.63) is 35.4 Å². The molecule has 0 saturated carbocycles. The maximum absolute atomic E-state index is 11.3. The van der Waals surface area contributed by atoms with E-state index < -0.39 is 0 Å². The Morgan fingerprint density at radius 2 is 1.94 bits per heavy atom. The first-order valence-corrected chi connectivity index (χ1v) is 6.41. The minimum Gasteiger partial charge on any atom is -0.300 e. The largest absolute Gasteiger partial charge is 0.300 e. The summed E-state index contributed by atoms with van der Waals surface area (Å²) in [6.45, 7) is 4.59. The molecular weight excluding hydrogens is 224 g/mol. The van der Waals surface area contributed by atoms with E-state index in [1.165, 1.54) is 5.56 Å². The number of carbonyl (C=O) groups excluding carboxylic acids is 1. The Morgan fingerprint density at radius 3 is 2.44 bits per heavy atom. The highest BCUT2D eigenvalue weighted by atomic mass is 16.1. The zero-order valence-corrected chi connectivity index (χ0v) is 10.7. The van der Waals surface area contributed by atoms with Crippen molar-refractivity contribution in [2.24, 2.45) is 5.92 Å². The summed E-state index contributed by atoms with van der Waals surface area (Å²) in [5.74, 6) is 0.593. The van der Waals surface area contributed by atoms with Crippen LogP contribution in [-0.2, 0) is 11.3 Å². The predicted octanol–water partition coefficient (Wildman–Crippen LogP) is 2.36. The summed E-state index contributed by atoms with van der Waals surface area (Å²) in [5.41, 5.74) is 1.93. The van der Waals surface area contributed by atoms with E-state index in [9.17, 15) is 4.79 Å². The van der Waals surface area contributed by atoms with Crippen LogP contribution in [0.2, 0.25) is 0 Å². The molecule has 2 rings (SSSR count). The zero-order chi connectivity index (χ0) is 13.0. The van der Waals surface area contributed by atoms with Gasteiger partial charge in [0.25, 0.3) is 0 Å². The highest BCUT2D eigenvalue weighted by Gasteiger charge is 2.21. The fraction of sp³-hybridized carbons (Fsp3) is 0.467. The van der Waals surface area contributed by atoms with Crippen LogP contribution in [0, 0.1) is 17.2 Å². The smallest absolute Gasteiger partial charge is 0.133 e.